The first-order valence-corrected chi connectivity index (χ1v) is 10.1. The molecule has 0 spiro atoms. The van der Waals surface area contributed by atoms with Crippen molar-refractivity contribution in [2.24, 2.45) is 12.0 Å². The van der Waals surface area contributed by atoms with E-state index in [0.717, 1.165) is 24.6 Å². The van der Waals surface area contributed by atoms with Crippen LogP contribution in [0.3, 0.4) is 0 Å². The van der Waals surface area contributed by atoms with Crippen molar-refractivity contribution in [2.45, 2.75) is 20.0 Å². The van der Waals surface area contributed by atoms with E-state index in [1.165, 1.54) is 0 Å². The van der Waals surface area contributed by atoms with E-state index in [0.29, 0.717) is 13.2 Å². The van der Waals surface area contributed by atoms with Crippen molar-refractivity contribution in [3.05, 3.63) is 18.0 Å². The smallest absolute Gasteiger partial charge is 0.194 e. The molecule has 0 amide bonds. The van der Waals surface area contributed by atoms with Crippen molar-refractivity contribution in [3.8, 4) is 0 Å². The number of hydrogen-bond donors (Lipinski definition) is 1. The van der Waals surface area contributed by atoms with Crippen molar-refractivity contribution < 1.29 is 13.2 Å². The Morgan fingerprint density at radius 1 is 1.48 bits per heavy atom. The fourth-order valence-electron chi connectivity index (χ4n) is 2.51. The molecular weight excluding hydrogens is 457 g/mol. The quantitative estimate of drug-likeness (QED) is 0.365. The SMILES string of the molecule is CCNC(=NCCS(=O)(=O)CC)N1CCOC(c2cnn(C)c2)C1.I. The lowest BCUT2D eigenvalue weighted by atomic mass is 10.1. The average molecular weight is 485 g/mol. The molecule has 144 valence electrons. The highest BCUT2D eigenvalue weighted by atomic mass is 127. The molecule has 0 radical (unpaired) electrons. The number of aromatic nitrogens is 2. The van der Waals surface area contributed by atoms with Crippen LogP contribution < -0.4 is 5.32 Å². The predicted molar refractivity (Wildman–Crippen MR) is 109 cm³/mol. The van der Waals surface area contributed by atoms with Crippen molar-refractivity contribution in [1.82, 2.24) is 20.0 Å². The second-order valence-electron chi connectivity index (χ2n) is 5.72. The van der Waals surface area contributed by atoms with Crippen LogP contribution in [0, 0.1) is 0 Å². The topological polar surface area (TPSA) is 88.8 Å². The summed E-state index contributed by atoms with van der Waals surface area (Å²) in [6, 6.07) is 0. The molecule has 1 aromatic heterocycles. The lowest BCUT2D eigenvalue weighted by Gasteiger charge is -2.34. The van der Waals surface area contributed by atoms with Crippen LogP contribution in [0.5, 0.6) is 0 Å². The minimum Gasteiger partial charge on any atom is -0.370 e. The molecule has 0 bridgehead atoms. The van der Waals surface area contributed by atoms with Gasteiger partial charge in [0.05, 0.1) is 31.6 Å². The first-order chi connectivity index (χ1) is 11.4. The molecule has 1 aliphatic heterocycles. The zero-order valence-corrected chi connectivity index (χ0v) is 18.2. The molecule has 1 unspecified atom stereocenters. The van der Waals surface area contributed by atoms with Gasteiger partial charge in [0, 0.05) is 37.7 Å². The Morgan fingerprint density at radius 3 is 2.84 bits per heavy atom. The van der Waals surface area contributed by atoms with Gasteiger partial charge in [0.25, 0.3) is 0 Å². The van der Waals surface area contributed by atoms with Crippen LogP contribution in [-0.2, 0) is 21.6 Å². The summed E-state index contributed by atoms with van der Waals surface area (Å²) in [5.41, 5.74) is 1.03. The number of aliphatic imine (C=N–C) groups is 1. The summed E-state index contributed by atoms with van der Waals surface area (Å²) in [5.74, 6) is 0.968. The average Bonchev–Trinajstić information content (AvgIpc) is 3.01. The van der Waals surface area contributed by atoms with Crippen LogP contribution >= 0.6 is 24.0 Å². The molecule has 8 nitrogen and oxygen atoms in total. The number of hydrogen-bond acceptors (Lipinski definition) is 5. The summed E-state index contributed by atoms with van der Waals surface area (Å²) >= 11 is 0. The Bertz CT molecular complexity index is 662. The van der Waals surface area contributed by atoms with Crippen LogP contribution in [-0.4, -0.2) is 73.3 Å². The summed E-state index contributed by atoms with van der Waals surface area (Å²) < 4.78 is 30.8. The number of morpholine rings is 1. The Balaban J connectivity index is 0.00000312. The van der Waals surface area contributed by atoms with Gasteiger partial charge < -0.3 is 15.0 Å². The van der Waals surface area contributed by atoms with Gasteiger partial charge in [-0.1, -0.05) is 6.92 Å². The Labute approximate surface area is 166 Å². The number of nitrogens with zero attached hydrogens (tertiary/aromatic N) is 4. The summed E-state index contributed by atoms with van der Waals surface area (Å²) in [6.45, 7) is 6.64. The minimum atomic E-state index is -3.00. The van der Waals surface area contributed by atoms with Crippen LogP contribution in [0.1, 0.15) is 25.5 Å². The molecule has 1 fully saturated rings. The summed E-state index contributed by atoms with van der Waals surface area (Å²) in [5, 5.41) is 7.43. The fourth-order valence-corrected chi connectivity index (χ4v) is 3.17. The van der Waals surface area contributed by atoms with Gasteiger partial charge in [-0.15, -0.1) is 24.0 Å². The molecular formula is C15H28IN5O3S. The molecule has 1 atom stereocenters. The zero-order valence-electron chi connectivity index (χ0n) is 15.0. The molecule has 1 N–H and O–H groups in total. The van der Waals surface area contributed by atoms with Crippen LogP contribution in [0.2, 0.25) is 0 Å². The lowest BCUT2D eigenvalue weighted by Crippen LogP contribution is -2.48. The Morgan fingerprint density at radius 2 is 2.24 bits per heavy atom. The molecule has 2 heterocycles. The number of aryl methyl sites for hydroxylation is 1. The third-order valence-corrected chi connectivity index (χ3v) is 5.59. The first kappa shape index (κ1) is 22.2. The predicted octanol–water partition coefficient (Wildman–Crippen LogP) is 0.812. The largest absolute Gasteiger partial charge is 0.370 e. The summed E-state index contributed by atoms with van der Waals surface area (Å²) in [6.07, 6.45) is 3.70. The molecule has 25 heavy (non-hydrogen) atoms. The molecule has 0 saturated carbocycles. The molecule has 0 aromatic carbocycles. The number of nitrogens with one attached hydrogen (secondary N) is 1. The second-order valence-corrected chi connectivity index (χ2v) is 8.20. The Kier molecular flexibility index (Phi) is 9.14. The van der Waals surface area contributed by atoms with E-state index in [4.69, 9.17) is 4.74 Å². The second kappa shape index (κ2) is 10.3. The monoisotopic (exact) mass is 485 g/mol. The molecule has 0 aliphatic carbocycles. The van der Waals surface area contributed by atoms with Crippen molar-refractivity contribution in [2.75, 3.05) is 44.3 Å². The third kappa shape index (κ3) is 6.74. The van der Waals surface area contributed by atoms with Gasteiger partial charge in [-0.2, -0.15) is 5.10 Å². The maximum Gasteiger partial charge on any atom is 0.194 e. The van der Waals surface area contributed by atoms with Gasteiger partial charge >= 0.3 is 0 Å². The number of sulfone groups is 1. The number of ether oxygens (including phenoxy) is 1. The van der Waals surface area contributed by atoms with E-state index in [1.807, 2.05) is 26.4 Å². The zero-order chi connectivity index (χ0) is 17.6. The van der Waals surface area contributed by atoms with E-state index in [2.05, 4.69) is 20.3 Å². The van der Waals surface area contributed by atoms with Gasteiger partial charge in [-0.3, -0.25) is 9.67 Å². The minimum absolute atomic E-state index is 0. The molecule has 2 rings (SSSR count). The molecule has 1 aliphatic rings. The van der Waals surface area contributed by atoms with Crippen LogP contribution in [0.15, 0.2) is 17.4 Å². The van der Waals surface area contributed by atoms with Crippen LogP contribution in [0.25, 0.3) is 0 Å². The van der Waals surface area contributed by atoms with E-state index < -0.39 is 9.84 Å². The Hall–Kier alpha value is -0.880. The number of guanidine groups is 1. The standard InChI is InChI=1S/C15H27N5O3S.HI/c1-4-16-15(17-6-9-24(21,22)5-2)20-7-8-23-14(12-20)13-10-18-19(3)11-13;/h10-11,14H,4-9,12H2,1-3H3,(H,16,17);1H. The van der Waals surface area contributed by atoms with Gasteiger partial charge in [0.2, 0.25) is 0 Å². The van der Waals surface area contributed by atoms with E-state index in [1.54, 1.807) is 11.6 Å². The van der Waals surface area contributed by atoms with E-state index >= 15 is 0 Å². The van der Waals surface area contributed by atoms with Gasteiger partial charge in [-0.25, -0.2) is 8.42 Å². The lowest BCUT2D eigenvalue weighted by molar-refractivity contribution is -0.00802. The highest BCUT2D eigenvalue weighted by Crippen LogP contribution is 2.21. The van der Waals surface area contributed by atoms with Crippen molar-refractivity contribution in [1.29, 1.82) is 0 Å². The van der Waals surface area contributed by atoms with E-state index in [-0.39, 0.29) is 48.1 Å². The first-order valence-electron chi connectivity index (χ1n) is 8.29. The summed E-state index contributed by atoms with van der Waals surface area (Å²) in [7, 11) is -1.12. The maximum absolute atomic E-state index is 11.6. The maximum atomic E-state index is 11.6. The molecule has 1 saturated heterocycles. The van der Waals surface area contributed by atoms with Crippen LogP contribution in [0.4, 0.5) is 0 Å². The van der Waals surface area contributed by atoms with Crippen molar-refractivity contribution >= 4 is 39.8 Å². The fraction of sp³-hybridized carbons (Fsp3) is 0.733. The highest BCUT2D eigenvalue weighted by Gasteiger charge is 2.25. The van der Waals surface area contributed by atoms with Gasteiger partial charge in [-0.05, 0) is 6.92 Å². The third-order valence-electron chi connectivity index (χ3n) is 3.90. The normalized spacial score (nSPS) is 18.8. The van der Waals surface area contributed by atoms with Gasteiger partial charge in [0.1, 0.15) is 6.10 Å². The van der Waals surface area contributed by atoms with Gasteiger partial charge in [0.15, 0.2) is 15.8 Å². The van der Waals surface area contributed by atoms with E-state index in [9.17, 15) is 8.42 Å². The number of halogens is 1. The van der Waals surface area contributed by atoms with Crippen molar-refractivity contribution in [3.63, 3.8) is 0 Å². The molecule has 1 aromatic rings. The molecule has 10 heteroatoms. The number of rotatable bonds is 6. The highest BCUT2D eigenvalue weighted by molar-refractivity contribution is 14.0. The summed E-state index contributed by atoms with van der Waals surface area (Å²) in [4.78, 5) is 6.59.